The van der Waals surface area contributed by atoms with E-state index in [4.69, 9.17) is 0 Å². The number of thiophene rings is 2. The van der Waals surface area contributed by atoms with E-state index in [1.54, 1.807) is 10.8 Å². The fourth-order valence-electron chi connectivity index (χ4n) is 0.989. The highest BCUT2D eigenvalue weighted by Gasteiger charge is 2.55. The van der Waals surface area contributed by atoms with Crippen molar-refractivity contribution >= 4 is 43.6 Å². The molecule has 0 bridgehead atoms. The average molecular weight is 278 g/mol. The SMILES string of the molecule is FC(F)(F)S(F)(F)c1cc2cscc2s1. The van der Waals surface area contributed by atoms with Gasteiger partial charge in [0.25, 0.3) is 0 Å². The topological polar surface area (TPSA) is 0 Å². The molecule has 0 aliphatic heterocycles. The number of hydrogen-bond acceptors (Lipinski definition) is 2. The summed E-state index contributed by atoms with van der Waals surface area (Å²) >= 11 is 1.80. The number of halogens is 5. The van der Waals surface area contributed by atoms with Crippen molar-refractivity contribution in [1.82, 2.24) is 0 Å². The Bertz CT molecular complexity index is 451. The van der Waals surface area contributed by atoms with Crippen LogP contribution in [0.25, 0.3) is 10.1 Å². The minimum atomic E-state index is -5.69. The van der Waals surface area contributed by atoms with Gasteiger partial charge in [0.1, 0.15) is 4.21 Å². The molecule has 2 heterocycles. The predicted molar refractivity (Wildman–Crippen MR) is 53.8 cm³/mol. The van der Waals surface area contributed by atoms with Gasteiger partial charge in [-0.1, -0.05) is 0 Å². The third-order valence-electron chi connectivity index (χ3n) is 1.68. The Hall–Kier alpha value is -0.340. The van der Waals surface area contributed by atoms with Crippen LogP contribution in [0.3, 0.4) is 0 Å². The molecular formula is C7H3F5S3. The fraction of sp³-hybridized carbons (Fsp3) is 0.143. The summed E-state index contributed by atoms with van der Waals surface area (Å²) in [7, 11) is -5.69. The molecule has 2 aromatic heterocycles. The molecular weight excluding hydrogens is 275 g/mol. The Labute approximate surface area is 91.2 Å². The van der Waals surface area contributed by atoms with Crippen molar-refractivity contribution in [1.29, 1.82) is 0 Å². The third kappa shape index (κ3) is 1.74. The summed E-state index contributed by atoms with van der Waals surface area (Å²) in [6, 6.07) is 0.930. The van der Waals surface area contributed by atoms with Crippen LogP contribution in [0.1, 0.15) is 0 Å². The minimum Gasteiger partial charge on any atom is -0.157 e. The molecule has 0 spiro atoms. The normalized spacial score (nSPS) is 14.7. The standard InChI is InChI=1S/C7H3F5S3/c8-7(9,10)15(11,12)6-1-4-2-13-3-5(4)14-6/h1-3H. The first-order valence-corrected chi connectivity index (χ1v) is 6.76. The van der Waals surface area contributed by atoms with E-state index in [2.05, 4.69) is 0 Å². The zero-order chi connectivity index (χ0) is 11.3. The number of fused-ring (bicyclic) bond motifs is 1. The van der Waals surface area contributed by atoms with Gasteiger partial charge >= 0.3 is 5.51 Å². The van der Waals surface area contributed by atoms with Crippen molar-refractivity contribution in [2.75, 3.05) is 0 Å². The molecule has 0 aromatic carbocycles. The van der Waals surface area contributed by atoms with Gasteiger partial charge in [0, 0.05) is 15.5 Å². The van der Waals surface area contributed by atoms with Crippen molar-refractivity contribution in [3.8, 4) is 0 Å². The summed E-state index contributed by atoms with van der Waals surface area (Å²) in [4.78, 5) is 0. The first-order chi connectivity index (χ1) is 6.82. The Kier molecular flexibility index (Phi) is 2.47. The lowest BCUT2D eigenvalue weighted by molar-refractivity contribution is -0.0461. The van der Waals surface area contributed by atoms with Crippen molar-refractivity contribution in [2.45, 2.75) is 9.72 Å². The lowest BCUT2D eigenvalue weighted by atomic mass is 10.4. The first kappa shape index (κ1) is 11.2. The van der Waals surface area contributed by atoms with E-state index in [9.17, 15) is 20.9 Å². The van der Waals surface area contributed by atoms with Crippen molar-refractivity contribution in [3.05, 3.63) is 16.8 Å². The molecule has 2 aromatic rings. The summed E-state index contributed by atoms with van der Waals surface area (Å²) in [5, 5.41) is 3.58. The van der Waals surface area contributed by atoms with E-state index in [-0.39, 0.29) is 0 Å². The van der Waals surface area contributed by atoms with E-state index < -0.39 is 20.5 Å². The molecule has 0 N–H and O–H groups in total. The van der Waals surface area contributed by atoms with Crippen LogP contribution in [-0.2, 0) is 0 Å². The molecule has 0 nitrogen and oxygen atoms in total. The Morgan fingerprint density at radius 1 is 1.13 bits per heavy atom. The second-order valence-electron chi connectivity index (χ2n) is 2.67. The molecule has 2 rings (SSSR count). The van der Waals surface area contributed by atoms with Gasteiger partial charge in [0.2, 0.25) is 0 Å². The van der Waals surface area contributed by atoms with E-state index >= 15 is 0 Å². The molecule has 0 aliphatic carbocycles. The highest BCUT2D eigenvalue weighted by Crippen LogP contribution is 2.72. The summed E-state index contributed by atoms with van der Waals surface area (Å²) in [6.07, 6.45) is 0. The lowest BCUT2D eigenvalue weighted by Gasteiger charge is -2.21. The maximum atomic E-state index is 13.0. The van der Waals surface area contributed by atoms with Gasteiger partial charge in [-0.25, -0.2) is 0 Å². The lowest BCUT2D eigenvalue weighted by Crippen LogP contribution is -2.11. The maximum absolute atomic E-state index is 13.0. The van der Waals surface area contributed by atoms with Gasteiger partial charge in [-0.2, -0.15) is 24.5 Å². The van der Waals surface area contributed by atoms with Crippen LogP contribution in [0, 0.1) is 0 Å². The zero-order valence-corrected chi connectivity index (χ0v) is 9.30. The van der Waals surface area contributed by atoms with Gasteiger partial charge in [-0.15, -0.1) is 19.1 Å². The van der Waals surface area contributed by atoms with Gasteiger partial charge in [-0.05, 0) is 11.4 Å². The Morgan fingerprint density at radius 3 is 2.33 bits per heavy atom. The average Bonchev–Trinajstić information content (AvgIpc) is 2.57. The summed E-state index contributed by atoms with van der Waals surface area (Å²) < 4.78 is 61.7. The molecule has 8 heteroatoms. The van der Waals surface area contributed by atoms with E-state index in [0.29, 0.717) is 21.4 Å². The van der Waals surface area contributed by atoms with Crippen LogP contribution in [-0.4, -0.2) is 5.51 Å². The van der Waals surface area contributed by atoms with Crippen LogP contribution < -0.4 is 0 Å². The molecule has 0 saturated carbocycles. The maximum Gasteiger partial charge on any atom is 0.483 e. The molecule has 0 fully saturated rings. The largest absolute Gasteiger partial charge is 0.483 e. The summed E-state index contributed by atoms with van der Waals surface area (Å²) in [6.45, 7) is 0. The highest BCUT2D eigenvalue weighted by molar-refractivity contribution is 8.27. The van der Waals surface area contributed by atoms with Crippen LogP contribution >= 0.6 is 33.5 Å². The van der Waals surface area contributed by atoms with Gasteiger partial charge in [0.15, 0.2) is 10.8 Å². The summed E-state index contributed by atoms with van der Waals surface area (Å²) in [5.74, 6) is 0. The quantitative estimate of drug-likeness (QED) is 0.611. The molecule has 0 saturated heterocycles. The first-order valence-electron chi connectivity index (χ1n) is 3.57. The van der Waals surface area contributed by atoms with Gasteiger partial charge < -0.3 is 0 Å². The molecule has 0 amide bonds. The zero-order valence-electron chi connectivity index (χ0n) is 6.85. The number of alkyl halides is 3. The third-order valence-corrected chi connectivity index (χ3v) is 5.57. The van der Waals surface area contributed by atoms with Crippen molar-refractivity contribution in [2.24, 2.45) is 0 Å². The van der Waals surface area contributed by atoms with Crippen LogP contribution in [0.5, 0.6) is 0 Å². The fourth-order valence-corrected chi connectivity index (χ4v) is 4.20. The van der Waals surface area contributed by atoms with E-state index in [0.717, 1.165) is 6.07 Å². The number of hydrogen-bond donors (Lipinski definition) is 0. The molecule has 0 atom stereocenters. The second kappa shape index (κ2) is 3.33. The van der Waals surface area contributed by atoms with Crippen molar-refractivity contribution < 1.29 is 20.9 Å². The van der Waals surface area contributed by atoms with Gasteiger partial charge in [-0.3, -0.25) is 0 Å². The van der Waals surface area contributed by atoms with Crippen LogP contribution in [0.15, 0.2) is 21.0 Å². The van der Waals surface area contributed by atoms with Crippen LogP contribution in [0.4, 0.5) is 20.9 Å². The molecule has 0 unspecified atom stereocenters. The highest BCUT2D eigenvalue weighted by atomic mass is 32.3. The molecule has 15 heavy (non-hydrogen) atoms. The summed E-state index contributed by atoms with van der Waals surface area (Å²) in [5.41, 5.74) is -5.45. The Balaban J connectivity index is 2.51. The monoisotopic (exact) mass is 278 g/mol. The van der Waals surface area contributed by atoms with Crippen LogP contribution in [0.2, 0.25) is 0 Å². The van der Waals surface area contributed by atoms with E-state index in [1.165, 1.54) is 11.3 Å². The smallest absolute Gasteiger partial charge is 0.157 e. The second-order valence-corrected chi connectivity index (χ2v) is 6.60. The molecule has 0 radical (unpaired) electrons. The van der Waals surface area contributed by atoms with E-state index in [1.807, 2.05) is 0 Å². The number of rotatable bonds is 1. The van der Waals surface area contributed by atoms with Crippen molar-refractivity contribution in [3.63, 3.8) is 0 Å². The molecule has 84 valence electrons. The molecule has 0 aliphatic rings. The van der Waals surface area contributed by atoms with Gasteiger partial charge in [0.05, 0.1) is 0 Å². The minimum absolute atomic E-state index is 0.455. The predicted octanol–water partition coefficient (Wildman–Crippen LogP) is 5.42. The Morgan fingerprint density at radius 2 is 1.80 bits per heavy atom.